The molecule has 2 aromatic heterocycles. The summed E-state index contributed by atoms with van der Waals surface area (Å²) in [5, 5.41) is 6.59. The number of carbonyl (C=O) groups excluding carboxylic acids is 1. The zero-order chi connectivity index (χ0) is 21.6. The van der Waals surface area contributed by atoms with Gasteiger partial charge in [-0.2, -0.15) is 4.98 Å². The zero-order valence-corrected chi connectivity index (χ0v) is 18.0. The monoisotopic (exact) mass is 435 g/mol. The second kappa shape index (κ2) is 9.53. The Morgan fingerprint density at radius 3 is 2.65 bits per heavy atom. The summed E-state index contributed by atoms with van der Waals surface area (Å²) in [6.07, 6.45) is 0.0693. The molecule has 2 aromatic carbocycles. The lowest BCUT2D eigenvalue weighted by molar-refractivity contribution is -0.144. The number of rotatable bonds is 8. The Kier molecular flexibility index (Phi) is 6.37. The van der Waals surface area contributed by atoms with E-state index in [0.717, 1.165) is 21.9 Å². The van der Waals surface area contributed by atoms with Crippen molar-refractivity contribution in [2.24, 2.45) is 0 Å². The molecule has 0 N–H and O–H groups in total. The van der Waals surface area contributed by atoms with Crippen molar-refractivity contribution in [3.8, 4) is 17.1 Å². The molecule has 0 unspecified atom stereocenters. The molecule has 0 spiro atoms. The van der Waals surface area contributed by atoms with Gasteiger partial charge in [0.15, 0.2) is 6.61 Å². The largest absolute Gasteiger partial charge is 0.486 e. The molecule has 0 saturated heterocycles. The van der Waals surface area contributed by atoms with Crippen LogP contribution in [0.5, 0.6) is 5.75 Å². The Labute approximate surface area is 183 Å². The average Bonchev–Trinajstić information content (AvgIpc) is 3.42. The molecule has 8 heteroatoms. The highest BCUT2D eigenvalue weighted by molar-refractivity contribution is 7.09. The molecule has 7 nitrogen and oxygen atoms in total. The Bertz CT molecular complexity index is 1170. The van der Waals surface area contributed by atoms with Crippen molar-refractivity contribution >= 4 is 17.3 Å². The number of benzene rings is 2. The van der Waals surface area contributed by atoms with Gasteiger partial charge in [-0.05, 0) is 31.5 Å². The third-order valence-corrected chi connectivity index (χ3v) is 5.39. The third kappa shape index (κ3) is 5.55. The van der Waals surface area contributed by atoms with Crippen LogP contribution >= 0.6 is 11.3 Å². The summed E-state index contributed by atoms with van der Waals surface area (Å²) >= 11 is 1.45. The number of carbonyl (C=O) groups is 1. The van der Waals surface area contributed by atoms with Gasteiger partial charge in [-0.15, -0.1) is 11.3 Å². The molecule has 158 valence electrons. The number of hydrogen-bond donors (Lipinski definition) is 0. The van der Waals surface area contributed by atoms with Gasteiger partial charge in [-0.3, -0.25) is 4.79 Å². The third-order valence-electron chi connectivity index (χ3n) is 4.52. The maximum atomic E-state index is 12.2. The van der Waals surface area contributed by atoms with Crippen LogP contribution in [0.2, 0.25) is 0 Å². The minimum absolute atomic E-state index is 0.0693. The van der Waals surface area contributed by atoms with E-state index in [-0.39, 0.29) is 18.9 Å². The second-order valence-corrected chi connectivity index (χ2v) is 7.94. The number of hydrogen-bond acceptors (Lipinski definition) is 8. The number of esters is 1. The van der Waals surface area contributed by atoms with Crippen LogP contribution in [0, 0.1) is 13.8 Å². The van der Waals surface area contributed by atoms with Crippen molar-refractivity contribution in [1.29, 1.82) is 0 Å². The van der Waals surface area contributed by atoms with Gasteiger partial charge in [0.1, 0.15) is 17.4 Å². The van der Waals surface area contributed by atoms with E-state index in [4.69, 9.17) is 14.0 Å². The van der Waals surface area contributed by atoms with Crippen LogP contribution < -0.4 is 4.74 Å². The van der Waals surface area contributed by atoms with E-state index in [1.807, 2.05) is 67.8 Å². The summed E-state index contributed by atoms with van der Waals surface area (Å²) in [5.41, 5.74) is 3.74. The van der Waals surface area contributed by atoms with Gasteiger partial charge in [0, 0.05) is 10.9 Å². The van der Waals surface area contributed by atoms with E-state index >= 15 is 0 Å². The molecular weight excluding hydrogens is 414 g/mol. The minimum atomic E-state index is -0.410. The number of aromatic nitrogens is 3. The van der Waals surface area contributed by atoms with Crippen molar-refractivity contribution < 1.29 is 18.8 Å². The van der Waals surface area contributed by atoms with Gasteiger partial charge in [0.25, 0.3) is 5.89 Å². The van der Waals surface area contributed by atoms with Crippen molar-refractivity contribution in [3.63, 3.8) is 0 Å². The summed E-state index contributed by atoms with van der Waals surface area (Å²) in [5.74, 6) is 1.09. The van der Waals surface area contributed by atoms with Crippen molar-refractivity contribution in [3.05, 3.63) is 81.6 Å². The number of aryl methyl sites for hydroxylation is 2. The highest BCUT2D eigenvalue weighted by Crippen LogP contribution is 2.20. The van der Waals surface area contributed by atoms with Crippen molar-refractivity contribution in [2.45, 2.75) is 33.5 Å². The first kappa shape index (κ1) is 20.7. The fourth-order valence-electron chi connectivity index (χ4n) is 2.86. The second-order valence-electron chi connectivity index (χ2n) is 7.00. The first-order valence-electron chi connectivity index (χ1n) is 9.74. The summed E-state index contributed by atoms with van der Waals surface area (Å²) in [6.45, 7) is 4.27. The first-order valence-corrected chi connectivity index (χ1v) is 10.6. The molecule has 31 heavy (non-hydrogen) atoms. The average molecular weight is 436 g/mol. The molecule has 0 aliphatic carbocycles. The number of thiazole rings is 1. The van der Waals surface area contributed by atoms with Gasteiger partial charge in [0.2, 0.25) is 5.82 Å². The van der Waals surface area contributed by atoms with E-state index in [0.29, 0.717) is 18.1 Å². The topological polar surface area (TPSA) is 87.3 Å². The van der Waals surface area contributed by atoms with Gasteiger partial charge < -0.3 is 14.0 Å². The van der Waals surface area contributed by atoms with E-state index in [1.165, 1.54) is 16.9 Å². The summed E-state index contributed by atoms with van der Waals surface area (Å²) in [7, 11) is 0. The number of ether oxygens (including phenoxy) is 2. The molecule has 0 aliphatic rings. The predicted octanol–water partition coefficient (Wildman–Crippen LogP) is 4.67. The van der Waals surface area contributed by atoms with Crippen LogP contribution in [0.4, 0.5) is 0 Å². The van der Waals surface area contributed by atoms with E-state index < -0.39 is 5.97 Å². The van der Waals surface area contributed by atoms with E-state index in [1.54, 1.807) is 0 Å². The lowest BCUT2D eigenvalue weighted by atomic mass is 10.1. The van der Waals surface area contributed by atoms with Crippen molar-refractivity contribution in [2.75, 3.05) is 0 Å². The van der Waals surface area contributed by atoms with Crippen LogP contribution in [0.1, 0.15) is 27.7 Å². The van der Waals surface area contributed by atoms with E-state index in [9.17, 15) is 4.79 Å². The van der Waals surface area contributed by atoms with E-state index in [2.05, 4.69) is 15.1 Å². The lowest BCUT2D eigenvalue weighted by Crippen LogP contribution is -2.08. The van der Waals surface area contributed by atoms with Crippen molar-refractivity contribution in [1.82, 2.24) is 15.1 Å². The molecular formula is C23H21N3O4S. The molecule has 0 aliphatic heterocycles. The highest BCUT2D eigenvalue weighted by Gasteiger charge is 2.14. The van der Waals surface area contributed by atoms with Gasteiger partial charge in [-0.1, -0.05) is 47.1 Å². The molecule has 0 amide bonds. The maximum absolute atomic E-state index is 12.2. The fourth-order valence-corrected chi connectivity index (χ4v) is 3.57. The SMILES string of the molecule is Cc1ccc(OCc2nc(CC(=O)OCc3nc(-c4ccccc4C)no3)cs2)cc1. The molecule has 0 radical (unpaired) electrons. The Balaban J connectivity index is 1.26. The highest BCUT2D eigenvalue weighted by atomic mass is 32.1. The Hall–Kier alpha value is -3.52. The lowest BCUT2D eigenvalue weighted by Gasteiger charge is -2.03. The maximum Gasteiger partial charge on any atom is 0.312 e. The Morgan fingerprint density at radius 1 is 1.03 bits per heavy atom. The van der Waals surface area contributed by atoms with Crippen LogP contribution in [-0.4, -0.2) is 21.1 Å². The Morgan fingerprint density at radius 2 is 1.84 bits per heavy atom. The number of nitrogens with zero attached hydrogens (tertiary/aromatic N) is 3. The minimum Gasteiger partial charge on any atom is -0.486 e. The molecule has 0 fully saturated rings. The van der Waals surface area contributed by atoms with Crippen LogP contribution in [-0.2, 0) is 29.2 Å². The molecule has 2 heterocycles. The van der Waals surface area contributed by atoms with Crippen LogP contribution in [0.25, 0.3) is 11.4 Å². The van der Waals surface area contributed by atoms with Crippen LogP contribution in [0.3, 0.4) is 0 Å². The van der Waals surface area contributed by atoms with Crippen LogP contribution in [0.15, 0.2) is 58.4 Å². The molecule has 0 atom stereocenters. The standard InChI is InChI=1S/C23H21N3O4S/c1-15-7-9-18(10-8-15)28-13-21-24-17(14-31-21)11-22(27)29-12-20-25-23(26-30-20)19-6-4-3-5-16(19)2/h3-10,14H,11-13H2,1-2H3. The fraction of sp³-hybridized carbons (Fsp3) is 0.217. The molecule has 0 bridgehead atoms. The van der Waals surface area contributed by atoms with Gasteiger partial charge in [-0.25, -0.2) is 4.98 Å². The quantitative estimate of drug-likeness (QED) is 0.372. The zero-order valence-electron chi connectivity index (χ0n) is 17.2. The first-order chi connectivity index (χ1) is 15.1. The molecule has 4 aromatic rings. The summed E-state index contributed by atoms with van der Waals surface area (Å²) in [4.78, 5) is 20.9. The van der Waals surface area contributed by atoms with Gasteiger partial charge >= 0.3 is 5.97 Å². The smallest absolute Gasteiger partial charge is 0.312 e. The predicted molar refractivity (Wildman–Crippen MR) is 116 cm³/mol. The van der Waals surface area contributed by atoms with Gasteiger partial charge in [0.05, 0.1) is 12.1 Å². The normalized spacial score (nSPS) is 10.8. The summed E-state index contributed by atoms with van der Waals surface area (Å²) < 4.78 is 16.2. The molecule has 0 saturated carbocycles. The summed E-state index contributed by atoms with van der Waals surface area (Å²) in [6, 6.07) is 15.6. The molecule has 4 rings (SSSR count).